The van der Waals surface area contributed by atoms with Gasteiger partial charge in [0, 0.05) is 24.4 Å². The van der Waals surface area contributed by atoms with Crippen LogP contribution in [0.2, 0.25) is 0 Å². The van der Waals surface area contributed by atoms with E-state index in [-0.39, 0.29) is 6.10 Å². The Kier molecular flexibility index (Phi) is 13.8. The summed E-state index contributed by atoms with van der Waals surface area (Å²) in [6.45, 7) is 5.90. The molecule has 1 aromatic heterocycles. The van der Waals surface area contributed by atoms with Crippen molar-refractivity contribution in [2.75, 3.05) is 6.61 Å². The third kappa shape index (κ3) is 11.9. The number of benzene rings is 2. The maximum atomic E-state index is 5.97. The third-order valence-corrected chi connectivity index (χ3v) is 6.80. The molecule has 0 bridgehead atoms. The largest absolute Gasteiger partial charge is 0.494 e. The summed E-state index contributed by atoms with van der Waals surface area (Å²) in [4.78, 5) is 9.20. The first-order valence-electron chi connectivity index (χ1n) is 14.4. The summed E-state index contributed by atoms with van der Waals surface area (Å²) in [5, 5.41) is 0. The zero-order chi connectivity index (χ0) is 26.0. The van der Waals surface area contributed by atoms with Crippen molar-refractivity contribution in [1.82, 2.24) is 9.97 Å². The van der Waals surface area contributed by atoms with Crippen molar-refractivity contribution in [3.63, 3.8) is 0 Å². The lowest BCUT2D eigenvalue weighted by Crippen LogP contribution is -2.08. The summed E-state index contributed by atoms with van der Waals surface area (Å²) in [6, 6.07) is 18.6. The van der Waals surface area contributed by atoms with Crippen LogP contribution >= 0.6 is 0 Å². The molecule has 0 aliphatic carbocycles. The minimum atomic E-state index is 0.260. The number of ether oxygens (including phenoxy) is 2. The van der Waals surface area contributed by atoms with Gasteiger partial charge in [0.2, 0.25) is 0 Å². The van der Waals surface area contributed by atoms with Gasteiger partial charge in [0.15, 0.2) is 0 Å². The monoisotopic (exact) mass is 502 g/mol. The highest BCUT2D eigenvalue weighted by Gasteiger charge is 2.05. The Morgan fingerprint density at radius 3 is 2.08 bits per heavy atom. The summed E-state index contributed by atoms with van der Waals surface area (Å²) in [5.41, 5.74) is 3.39. The van der Waals surface area contributed by atoms with Crippen molar-refractivity contribution in [2.24, 2.45) is 0 Å². The van der Waals surface area contributed by atoms with E-state index in [1.165, 1.54) is 50.5 Å². The third-order valence-electron chi connectivity index (χ3n) is 6.80. The van der Waals surface area contributed by atoms with Crippen LogP contribution in [0.5, 0.6) is 5.75 Å². The van der Waals surface area contributed by atoms with Crippen LogP contribution in [0.15, 0.2) is 67.0 Å². The molecule has 0 saturated heterocycles. The minimum Gasteiger partial charge on any atom is -0.494 e. The summed E-state index contributed by atoms with van der Waals surface area (Å²) in [5.74, 6) is 1.85. The molecule has 1 atom stereocenters. The molecule has 1 heterocycles. The fraction of sp³-hybridized carbons (Fsp3) is 0.515. The van der Waals surface area contributed by atoms with E-state index < -0.39 is 0 Å². The van der Waals surface area contributed by atoms with Crippen molar-refractivity contribution in [3.8, 4) is 16.9 Å². The highest BCUT2D eigenvalue weighted by atomic mass is 16.5. The Balaban J connectivity index is 1.28. The zero-order valence-electron chi connectivity index (χ0n) is 23.0. The van der Waals surface area contributed by atoms with Gasteiger partial charge in [-0.3, -0.25) is 0 Å². The molecule has 0 radical (unpaired) electrons. The first kappa shape index (κ1) is 28.8. The van der Waals surface area contributed by atoms with Gasteiger partial charge < -0.3 is 9.47 Å². The second-order valence-electron chi connectivity index (χ2n) is 10.1. The highest BCUT2D eigenvalue weighted by molar-refractivity contribution is 5.62. The lowest BCUT2D eigenvalue weighted by Gasteiger charge is -2.13. The van der Waals surface area contributed by atoms with E-state index in [0.29, 0.717) is 6.61 Å². The number of unbranched alkanes of at least 4 members (excludes halogenated alkanes) is 8. The van der Waals surface area contributed by atoms with Gasteiger partial charge in [-0.25, -0.2) is 9.97 Å². The average molecular weight is 503 g/mol. The first-order chi connectivity index (χ1) is 18.2. The number of aryl methyl sites for hydroxylation is 1. The summed E-state index contributed by atoms with van der Waals surface area (Å²) in [7, 11) is 0. The molecule has 2 aromatic carbocycles. The molecule has 4 nitrogen and oxygen atoms in total. The Labute approximate surface area is 224 Å². The molecule has 4 heteroatoms. The molecule has 37 heavy (non-hydrogen) atoms. The van der Waals surface area contributed by atoms with Crippen molar-refractivity contribution in [1.29, 1.82) is 0 Å². The van der Waals surface area contributed by atoms with Crippen LogP contribution in [-0.4, -0.2) is 22.7 Å². The Morgan fingerprint density at radius 1 is 0.703 bits per heavy atom. The van der Waals surface area contributed by atoms with E-state index in [2.05, 4.69) is 72.3 Å². The quantitative estimate of drug-likeness (QED) is 0.153. The molecule has 0 fully saturated rings. The molecular formula is C33H46N2O2. The molecule has 0 spiro atoms. The van der Waals surface area contributed by atoms with E-state index in [1.54, 1.807) is 0 Å². The molecule has 0 amide bonds. The first-order valence-corrected chi connectivity index (χ1v) is 14.4. The molecule has 0 aliphatic heterocycles. The summed E-state index contributed by atoms with van der Waals surface area (Å²) < 4.78 is 11.9. The van der Waals surface area contributed by atoms with Gasteiger partial charge in [0.25, 0.3) is 0 Å². The fourth-order valence-corrected chi connectivity index (χ4v) is 4.41. The number of nitrogens with zero attached hydrogens (tertiary/aromatic N) is 2. The van der Waals surface area contributed by atoms with Crippen LogP contribution in [0, 0.1) is 0 Å². The van der Waals surface area contributed by atoms with Crippen LogP contribution in [-0.2, 0) is 17.8 Å². The molecule has 0 N–H and O–H groups in total. The lowest BCUT2D eigenvalue weighted by molar-refractivity contribution is 0.0460. The second kappa shape index (κ2) is 17.7. The maximum Gasteiger partial charge on any atom is 0.128 e. The number of hydrogen-bond acceptors (Lipinski definition) is 4. The Hall–Kier alpha value is -2.72. The van der Waals surface area contributed by atoms with Gasteiger partial charge in [-0.1, -0.05) is 101 Å². The van der Waals surface area contributed by atoms with Crippen LogP contribution in [0.1, 0.15) is 95.9 Å². The Morgan fingerprint density at radius 2 is 1.38 bits per heavy atom. The highest BCUT2D eigenvalue weighted by Crippen LogP contribution is 2.22. The normalized spacial score (nSPS) is 11.9. The van der Waals surface area contributed by atoms with Crippen LogP contribution in [0.25, 0.3) is 11.1 Å². The lowest BCUT2D eigenvalue weighted by atomic mass is 10.1. The van der Waals surface area contributed by atoms with Gasteiger partial charge in [-0.15, -0.1) is 0 Å². The van der Waals surface area contributed by atoms with Crippen molar-refractivity contribution < 1.29 is 9.47 Å². The van der Waals surface area contributed by atoms with Crippen LogP contribution in [0.4, 0.5) is 0 Å². The smallest absolute Gasteiger partial charge is 0.128 e. The standard InChI is InChI=1S/C33H46N2O2/c1-3-4-5-6-7-8-9-15-24-36-32-22-20-30(21-23-32)31-25-34-33(35-26-31)19-14-13-16-28(2)37-27-29-17-11-10-12-18-29/h10-12,17-18,20-23,25-26,28H,3-9,13-16,19,24,27H2,1-2H3. The molecule has 0 aliphatic rings. The van der Waals surface area contributed by atoms with Crippen molar-refractivity contribution in [2.45, 2.75) is 104 Å². The topological polar surface area (TPSA) is 44.2 Å². The average Bonchev–Trinajstić information content (AvgIpc) is 2.94. The van der Waals surface area contributed by atoms with E-state index in [0.717, 1.165) is 61.4 Å². The predicted molar refractivity (Wildman–Crippen MR) is 154 cm³/mol. The summed E-state index contributed by atoms with van der Waals surface area (Å²) >= 11 is 0. The van der Waals surface area contributed by atoms with Crippen molar-refractivity contribution in [3.05, 3.63) is 78.4 Å². The van der Waals surface area contributed by atoms with E-state index in [9.17, 15) is 0 Å². The van der Waals surface area contributed by atoms with E-state index in [4.69, 9.17) is 9.47 Å². The summed E-state index contributed by atoms with van der Waals surface area (Å²) in [6.07, 6.45) is 18.8. The van der Waals surface area contributed by atoms with E-state index >= 15 is 0 Å². The molecule has 3 rings (SSSR count). The van der Waals surface area contributed by atoms with Gasteiger partial charge >= 0.3 is 0 Å². The van der Waals surface area contributed by atoms with Gasteiger partial charge in [0.1, 0.15) is 11.6 Å². The SMILES string of the molecule is CCCCCCCCCCOc1ccc(-c2cnc(CCCCC(C)OCc3ccccc3)nc2)cc1. The van der Waals surface area contributed by atoms with Gasteiger partial charge in [0.05, 0.1) is 19.3 Å². The fourth-order valence-electron chi connectivity index (χ4n) is 4.41. The molecule has 1 unspecified atom stereocenters. The number of aromatic nitrogens is 2. The minimum absolute atomic E-state index is 0.260. The predicted octanol–water partition coefficient (Wildman–Crippen LogP) is 8.98. The van der Waals surface area contributed by atoms with Crippen LogP contribution in [0.3, 0.4) is 0 Å². The van der Waals surface area contributed by atoms with Crippen LogP contribution < -0.4 is 4.74 Å². The molecule has 0 saturated carbocycles. The molecule has 200 valence electrons. The van der Waals surface area contributed by atoms with Gasteiger partial charge in [-0.05, 0) is 49.4 Å². The number of rotatable bonds is 19. The number of hydrogen-bond donors (Lipinski definition) is 0. The maximum absolute atomic E-state index is 5.97. The molecule has 3 aromatic rings. The van der Waals surface area contributed by atoms with Gasteiger partial charge in [-0.2, -0.15) is 0 Å². The molecular weight excluding hydrogens is 456 g/mol. The van der Waals surface area contributed by atoms with Crippen molar-refractivity contribution >= 4 is 0 Å². The Bertz CT molecular complexity index is 958. The second-order valence-corrected chi connectivity index (χ2v) is 10.1. The zero-order valence-corrected chi connectivity index (χ0v) is 23.0. The van der Waals surface area contributed by atoms with E-state index in [1.807, 2.05) is 18.5 Å².